The summed E-state index contributed by atoms with van der Waals surface area (Å²) in [6.45, 7) is 0. The summed E-state index contributed by atoms with van der Waals surface area (Å²) in [5, 5.41) is 6.71. The predicted octanol–water partition coefficient (Wildman–Crippen LogP) is -0.106. The van der Waals surface area contributed by atoms with Gasteiger partial charge in [0.25, 0.3) is 0 Å². The van der Waals surface area contributed by atoms with Gasteiger partial charge in [-0.1, -0.05) is 0 Å². The van der Waals surface area contributed by atoms with Crippen molar-refractivity contribution in [1.82, 2.24) is 15.2 Å². The molecule has 1 aromatic rings. The van der Waals surface area contributed by atoms with Gasteiger partial charge in [0.1, 0.15) is 5.82 Å². The van der Waals surface area contributed by atoms with Gasteiger partial charge in [-0.3, -0.25) is 5.10 Å². The summed E-state index contributed by atoms with van der Waals surface area (Å²) in [5.74, 6) is 3.72. The molecule has 0 saturated carbocycles. The summed E-state index contributed by atoms with van der Waals surface area (Å²) >= 11 is 0. The van der Waals surface area contributed by atoms with E-state index in [2.05, 4.69) is 21.1 Å². The second-order valence-electron chi connectivity index (χ2n) is 2.93. The average Bonchev–Trinajstić information content (AvgIpc) is 2.52. The molecule has 0 aliphatic rings. The molecular weight excluding hydrogens is 166 g/mol. The second-order valence-corrected chi connectivity index (χ2v) is 2.93. The SMILES string of the molecule is C#CCC(N)c1nc(N(C)C)n[nH]1. The van der Waals surface area contributed by atoms with Gasteiger partial charge in [0.15, 0.2) is 0 Å². The standard InChI is InChI=1S/C8H13N5/c1-4-5-6(9)7-10-8(12-11-7)13(2)3/h1,6H,5,9H2,2-3H3,(H,10,11,12). The number of hydrogen-bond acceptors (Lipinski definition) is 4. The zero-order valence-corrected chi connectivity index (χ0v) is 7.78. The third-order valence-corrected chi connectivity index (χ3v) is 1.58. The summed E-state index contributed by atoms with van der Waals surface area (Å²) < 4.78 is 0. The van der Waals surface area contributed by atoms with E-state index in [1.807, 2.05) is 14.1 Å². The van der Waals surface area contributed by atoms with E-state index in [9.17, 15) is 0 Å². The van der Waals surface area contributed by atoms with E-state index < -0.39 is 0 Å². The van der Waals surface area contributed by atoms with Crippen molar-refractivity contribution < 1.29 is 0 Å². The number of nitrogens with one attached hydrogen (secondary N) is 1. The Hall–Kier alpha value is -1.54. The zero-order valence-electron chi connectivity index (χ0n) is 7.78. The number of hydrogen-bond donors (Lipinski definition) is 2. The Morgan fingerprint density at radius 3 is 2.85 bits per heavy atom. The topological polar surface area (TPSA) is 70.8 Å². The Bertz CT molecular complexity index is 309. The van der Waals surface area contributed by atoms with Gasteiger partial charge in [-0.25, -0.2) is 0 Å². The molecule has 0 bridgehead atoms. The van der Waals surface area contributed by atoms with Crippen LogP contribution in [0.1, 0.15) is 18.3 Å². The normalized spacial score (nSPS) is 12.2. The van der Waals surface area contributed by atoms with Crippen LogP contribution < -0.4 is 10.6 Å². The van der Waals surface area contributed by atoms with Crippen LogP contribution in [0.5, 0.6) is 0 Å². The molecule has 1 rings (SSSR count). The maximum atomic E-state index is 5.72. The van der Waals surface area contributed by atoms with Crippen LogP contribution in [-0.4, -0.2) is 29.3 Å². The summed E-state index contributed by atoms with van der Waals surface area (Å²) in [7, 11) is 3.72. The maximum absolute atomic E-state index is 5.72. The predicted molar refractivity (Wildman–Crippen MR) is 51.1 cm³/mol. The van der Waals surface area contributed by atoms with Crippen molar-refractivity contribution in [3.63, 3.8) is 0 Å². The number of aromatic amines is 1. The molecule has 5 nitrogen and oxygen atoms in total. The molecule has 0 aliphatic carbocycles. The van der Waals surface area contributed by atoms with Gasteiger partial charge in [-0.2, -0.15) is 4.98 Å². The number of nitrogens with two attached hydrogens (primary N) is 1. The molecule has 1 atom stereocenters. The Labute approximate surface area is 77.3 Å². The molecule has 0 saturated heterocycles. The molecule has 0 radical (unpaired) electrons. The Kier molecular flexibility index (Phi) is 2.88. The zero-order chi connectivity index (χ0) is 9.84. The molecule has 0 aromatic carbocycles. The van der Waals surface area contributed by atoms with E-state index in [0.29, 0.717) is 18.2 Å². The molecule has 0 fully saturated rings. The van der Waals surface area contributed by atoms with Crippen molar-refractivity contribution in [2.75, 3.05) is 19.0 Å². The van der Waals surface area contributed by atoms with Gasteiger partial charge in [-0.05, 0) is 0 Å². The molecule has 0 spiro atoms. The quantitative estimate of drug-likeness (QED) is 0.635. The minimum absolute atomic E-state index is 0.258. The molecule has 1 unspecified atom stereocenters. The van der Waals surface area contributed by atoms with Crippen molar-refractivity contribution >= 4 is 5.95 Å². The third-order valence-electron chi connectivity index (χ3n) is 1.58. The largest absolute Gasteiger partial charge is 0.346 e. The summed E-state index contributed by atoms with van der Waals surface area (Å²) in [5.41, 5.74) is 5.72. The highest BCUT2D eigenvalue weighted by Crippen LogP contribution is 2.10. The Balaban J connectivity index is 2.74. The molecule has 13 heavy (non-hydrogen) atoms. The Morgan fingerprint density at radius 2 is 2.38 bits per heavy atom. The van der Waals surface area contributed by atoms with E-state index in [4.69, 9.17) is 12.2 Å². The number of terminal acetylenes is 1. The van der Waals surface area contributed by atoms with Gasteiger partial charge < -0.3 is 10.6 Å². The lowest BCUT2D eigenvalue weighted by atomic mass is 10.2. The second kappa shape index (κ2) is 3.92. The first-order valence-corrected chi connectivity index (χ1v) is 3.93. The van der Waals surface area contributed by atoms with Crippen LogP contribution >= 0.6 is 0 Å². The monoisotopic (exact) mass is 179 g/mol. The van der Waals surface area contributed by atoms with E-state index in [0.717, 1.165) is 0 Å². The highest BCUT2D eigenvalue weighted by Gasteiger charge is 2.10. The molecule has 1 heterocycles. The van der Waals surface area contributed by atoms with Gasteiger partial charge in [0.05, 0.1) is 6.04 Å². The van der Waals surface area contributed by atoms with Crippen LogP contribution in [0.4, 0.5) is 5.95 Å². The van der Waals surface area contributed by atoms with Crippen molar-refractivity contribution in [2.24, 2.45) is 5.73 Å². The van der Waals surface area contributed by atoms with Crippen molar-refractivity contribution in [1.29, 1.82) is 0 Å². The number of rotatable bonds is 3. The fourth-order valence-corrected chi connectivity index (χ4v) is 0.854. The van der Waals surface area contributed by atoms with E-state index in [1.165, 1.54) is 0 Å². The number of aromatic nitrogens is 3. The lowest BCUT2D eigenvalue weighted by Crippen LogP contribution is -2.12. The van der Waals surface area contributed by atoms with Crippen LogP contribution in [-0.2, 0) is 0 Å². The molecule has 3 N–H and O–H groups in total. The van der Waals surface area contributed by atoms with E-state index in [1.54, 1.807) is 4.90 Å². The van der Waals surface area contributed by atoms with Gasteiger partial charge in [0.2, 0.25) is 5.95 Å². The number of H-pyrrole nitrogens is 1. The first-order chi connectivity index (χ1) is 6.15. The minimum atomic E-state index is -0.258. The van der Waals surface area contributed by atoms with Crippen molar-refractivity contribution in [3.05, 3.63) is 5.82 Å². The molecule has 70 valence electrons. The molecule has 0 amide bonds. The molecule has 5 heteroatoms. The lowest BCUT2D eigenvalue weighted by molar-refractivity contribution is 0.696. The first-order valence-electron chi connectivity index (χ1n) is 3.93. The van der Waals surface area contributed by atoms with Crippen molar-refractivity contribution in [2.45, 2.75) is 12.5 Å². The fourth-order valence-electron chi connectivity index (χ4n) is 0.854. The Morgan fingerprint density at radius 1 is 1.69 bits per heavy atom. The van der Waals surface area contributed by atoms with Crippen LogP contribution in [0.3, 0.4) is 0 Å². The van der Waals surface area contributed by atoms with Gasteiger partial charge >= 0.3 is 0 Å². The summed E-state index contributed by atoms with van der Waals surface area (Å²) in [6, 6.07) is -0.258. The minimum Gasteiger partial charge on any atom is -0.346 e. The molecule has 1 aromatic heterocycles. The number of anilines is 1. The highest BCUT2D eigenvalue weighted by molar-refractivity contribution is 5.25. The smallest absolute Gasteiger partial charge is 0.244 e. The van der Waals surface area contributed by atoms with Crippen LogP contribution in [0.25, 0.3) is 0 Å². The van der Waals surface area contributed by atoms with E-state index in [-0.39, 0.29) is 6.04 Å². The van der Waals surface area contributed by atoms with Gasteiger partial charge in [0, 0.05) is 20.5 Å². The average molecular weight is 179 g/mol. The maximum Gasteiger partial charge on any atom is 0.244 e. The van der Waals surface area contributed by atoms with Crippen LogP contribution in [0, 0.1) is 12.3 Å². The van der Waals surface area contributed by atoms with Crippen LogP contribution in [0.15, 0.2) is 0 Å². The fraction of sp³-hybridized carbons (Fsp3) is 0.500. The lowest BCUT2D eigenvalue weighted by Gasteiger charge is -2.04. The van der Waals surface area contributed by atoms with Crippen LogP contribution in [0.2, 0.25) is 0 Å². The first kappa shape index (κ1) is 9.55. The molecule has 0 aliphatic heterocycles. The van der Waals surface area contributed by atoms with E-state index >= 15 is 0 Å². The highest BCUT2D eigenvalue weighted by atomic mass is 15.3. The summed E-state index contributed by atoms with van der Waals surface area (Å²) in [6.07, 6.45) is 5.59. The number of nitrogens with zero attached hydrogens (tertiary/aromatic N) is 3. The summed E-state index contributed by atoms with van der Waals surface area (Å²) in [4.78, 5) is 5.96. The third kappa shape index (κ3) is 2.20. The van der Waals surface area contributed by atoms with Crippen molar-refractivity contribution in [3.8, 4) is 12.3 Å². The van der Waals surface area contributed by atoms with Gasteiger partial charge in [-0.15, -0.1) is 17.4 Å². The molecular formula is C8H13N5.